The number of alkyl halides is 3. The Labute approximate surface area is 212 Å². The minimum absolute atomic E-state index is 0.0206. The zero-order chi connectivity index (χ0) is 24.7. The van der Waals surface area contributed by atoms with E-state index in [1.165, 1.54) is 17.2 Å². The first-order valence-electron chi connectivity index (χ1n) is 10.3. The van der Waals surface area contributed by atoms with Gasteiger partial charge < -0.3 is 9.72 Å². The quantitative estimate of drug-likeness (QED) is 0.318. The van der Waals surface area contributed by atoms with Crippen molar-refractivity contribution in [3.05, 3.63) is 89.7 Å². The highest BCUT2D eigenvalue weighted by atomic mass is 35.6. The first-order chi connectivity index (χ1) is 16.2. The van der Waals surface area contributed by atoms with E-state index >= 15 is 0 Å². The molecular weight excluding hydrogens is 501 g/mol. The number of nitrogens with zero attached hydrogens (tertiary/aromatic N) is 2. The first kappa shape index (κ1) is 25.6. The molecule has 10 heteroatoms. The van der Waals surface area contributed by atoms with Crippen molar-refractivity contribution < 1.29 is 19.1 Å². The molecule has 3 amide bonds. The molecule has 1 heterocycles. The fourth-order valence-corrected chi connectivity index (χ4v) is 3.46. The Bertz CT molecular complexity index is 1130. The van der Waals surface area contributed by atoms with E-state index in [1.807, 2.05) is 60.7 Å². The van der Waals surface area contributed by atoms with Gasteiger partial charge in [-0.25, -0.2) is 9.59 Å². The van der Waals surface area contributed by atoms with Crippen LogP contribution in [0, 0.1) is 0 Å². The third-order valence-electron chi connectivity index (χ3n) is 4.86. The fourth-order valence-electron chi connectivity index (χ4n) is 3.16. The average molecular weight is 523 g/mol. The summed E-state index contributed by atoms with van der Waals surface area (Å²) >= 11 is 17.2. The maximum atomic E-state index is 13.4. The summed E-state index contributed by atoms with van der Waals surface area (Å²) in [5, 5.41) is 0. The lowest BCUT2D eigenvalue weighted by Crippen LogP contribution is -2.49. The van der Waals surface area contributed by atoms with Crippen LogP contribution in [0.3, 0.4) is 0 Å². The van der Waals surface area contributed by atoms with Crippen molar-refractivity contribution in [3.8, 4) is 0 Å². The molecule has 0 spiro atoms. The van der Waals surface area contributed by atoms with Crippen LogP contribution in [0.1, 0.15) is 28.5 Å². The van der Waals surface area contributed by atoms with Gasteiger partial charge in [0.1, 0.15) is 12.3 Å². The molecule has 0 bridgehead atoms. The second kappa shape index (κ2) is 11.4. The molecule has 0 aliphatic heterocycles. The van der Waals surface area contributed by atoms with Crippen molar-refractivity contribution in [2.75, 3.05) is 11.4 Å². The molecule has 0 unspecified atom stereocenters. The van der Waals surface area contributed by atoms with E-state index in [2.05, 4.69) is 4.98 Å². The SMILES string of the molecule is CCN(C(=O)N(Cc1ccccc1)c1c[nH]c(C(=O)OCc2ccccc2)c1)C(=O)C(Cl)(Cl)Cl. The van der Waals surface area contributed by atoms with Gasteiger partial charge in [0.05, 0.1) is 12.2 Å². The largest absolute Gasteiger partial charge is 0.456 e. The summed E-state index contributed by atoms with van der Waals surface area (Å²) < 4.78 is 3.05. The van der Waals surface area contributed by atoms with Gasteiger partial charge >= 0.3 is 12.0 Å². The van der Waals surface area contributed by atoms with Crippen LogP contribution < -0.4 is 4.90 Å². The normalized spacial score (nSPS) is 11.1. The number of aromatic nitrogens is 1. The van der Waals surface area contributed by atoms with Crippen molar-refractivity contribution in [3.63, 3.8) is 0 Å². The molecule has 1 N–H and O–H groups in total. The Balaban J connectivity index is 1.85. The number of nitrogens with one attached hydrogen (secondary N) is 1. The predicted molar refractivity (Wildman–Crippen MR) is 132 cm³/mol. The van der Waals surface area contributed by atoms with Gasteiger partial charge in [-0.05, 0) is 24.1 Å². The first-order valence-corrected chi connectivity index (χ1v) is 11.5. The Morgan fingerprint density at radius 1 is 0.941 bits per heavy atom. The monoisotopic (exact) mass is 521 g/mol. The predicted octanol–water partition coefficient (Wildman–Crippen LogP) is 5.72. The topological polar surface area (TPSA) is 82.7 Å². The van der Waals surface area contributed by atoms with Gasteiger partial charge in [0, 0.05) is 12.7 Å². The molecule has 1 aromatic heterocycles. The molecule has 0 fully saturated rings. The molecule has 2 aromatic carbocycles. The summed E-state index contributed by atoms with van der Waals surface area (Å²) in [7, 11) is 0. The van der Waals surface area contributed by atoms with E-state index in [-0.39, 0.29) is 25.4 Å². The zero-order valence-corrected chi connectivity index (χ0v) is 20.5. The molecule has 0 atom stereocenters. The number of anilines is 1. The number of hydrogen-bond donors (Lipinski definition) is 1. The van der Waals surface area contributed by atoms with Crippen LogP contribution in [-0.2, 0) is 22.7 Å². The van der Waals surface area contributed by atoms with E-state index in [1.54, 1.807) is 6.92 Å². The van der Waals surface area contributed by atoms with E-state index in [9.17, 15) is 14.4 Å². The second-order valence-electron chi connectivity index (χ2n) is 7.23. The number of urea groups is 1. The van der Waals surface area contributed by atoms with Gasteiger partial charge in [0.25, 0.3) is 9.70 Å². The van der Waals surface area contributed by atoms with Gasteiger partial charge in [-0.2, -0.15) is 0 Å². The average Bonchev–Trinajstić information content (AvgIpc) is 3.32. The minimum Gasteiger partial charge on any atom is -0.456 e. The number of imide groups is 1. The number of carbonyl (C=O) groups excluding carboxylic acids is 3. The summed E-state index contributed by atoms with van der Waals surface area (Å²) in [6, 6.07) is 19.2. The molecule has 0 aliphatic rings. The van der Waals surface area contributed by atoms with E-state index in [4.69, 9.17) is 39.5 Å². The smallest absolute Gasteiger partial charge is 0.355 e. The lowest BCUT2D eigenvalue weighted by Gasteiger charge is -2.30. The van der Waals surface area contributed by atoms with Crippen LogP contribution in [0.25, 0.3) is 0 Å². The Morgan fingerprint density at radius 2 is 1.53 bits per heavy atom. The van der Waals surface area contributed by atoms with Crippen LogP contribution in [0.2, 0.25) is 0 Å². The molecule has 34 heavy (non-hydrogen) atoms. The Morgan fingerprint density at radius 3 is 2.09 bits per heavy atom. The number of amides is 3. The number of benzene rings is 2. The van der Waals surface area contributed by atoms with Crippen molar-refractivity contribution in [1.29, 1.82) is 0 Å². The number of esters is 1. The van der Waals surface area contributed by atoms with Crippen molar-refractivity contribution in [1.82, 2.24) is 9.88 Å². The van der Waals surface area contributed by atoms with Crippen LogP contribution >= 0.6 is 34.8 Å². The molecule has 0 aliphatic carbocycles. The van der Waals surface area contributed by atoms with Crippen molar-refractivity contribution >= 4 is 58.4 Å². The van der Waals surface area contributed by atoms with Gasteiger partial charge in [-0.15, -0.1) is 0 Å². The van der Waals surface area contributed by atoms with Crippen molar-refractivity contribution in [2.45, 2.75) is 23.9 Å². The maximum absolute atomic E-state index is 13.4. The summed E-state index contributed by atoms with van der Waals surface area (Å²) in [5.74, 6) is -1.56. The number of carbonyl (C=O) groups is 3. The van der Waals surface area contributed by atoms with Gasteiger partial charge in [0.2, 0.25) is 0 Å². The van der Waals surface area contributed by atoms with E-state index in [0.717, 1.165) is 16.0 Å². The standard InChI is InChI=1S/C24H22Cl3N3O4/c1-2-29(22(32)24(25,26)27)23(33)30(15-17-9-5-3-6-10-17)19-13-20(28-14-19)21(31)34-16-18-11-7-4-8-12-18/h3-14,28H,2,15-16H2,1H3. The number of aromatic amines is 1. The van der Waals surface area contributed by atoms with Crippen LogP contribution in [0.15, 0.2) is 72.9 Å². The molecule has 0 saturated heterocycles. The number of H-pyrrole nitrogens is 1. The third kappa shape index (κ3) is 6.53. The van der Waals surface area contributed by atoms with Crippen molar-refractivity contribution in [2.24, 2.45) is 0 Å². The summed E-state index contributed by atoms with van der Waals surface area (Å²) in [6.45, 7) is 1.78. The molecule has 7 nitrogen and oxygen atoms in total. The summed E-state index contributed by atoms with van der Waals surface area (Å²) in [6.07, 6.45) is 1.48. The maximum Gasteiger partial charge on any atom is 0.355 e. The summed E-state index contributed by atoms with van der Waals surface area (Å²) in [5.41, 5.74) is 2.12. The van der Waals surface area contributed by atoms with Gasteiger partial charge in [-0.1, -0.05) is 95.5 Å². The van der Waals surface area contributed by atoms with Crippen LogP contribution in [0.5, 0.6) is 0 Å². The molecule has 178 valence electrons. The number of hydrogen-bond acceptors (Lipinski definition) is 4. The number of rotatable bonds is 7. The molecule has 0 radical (unpaired) electrons. The fraction of sp³-hybridized carbons (Fsp3) is 0.208. The highest BCUT2D eigenvalue weighted by molar-refractivity contribution is 6.76. The third-order valence-corrected chi connectivity index (χ3v) is 5.35. The number of ether oxygens (including phenoxy) is 1. The molecule has 3 aromatic rings. The molecule has 0 saturated carbocycles. The molecule has 3 rings (SSSR count). The zero-order valence-electron chi connectivity index (χ0n) is 18.2. The Kier molecular flexibility index (Phi) is 8.61. The second-order valence-corrected chi connectivity index (χ2v) is 9.52. The Hall–Kier alpha value is -3.00. The van der Waals surface area contributed by atoms with Gasteiger partial charge in [0.15, 0.2) is 0 Å². The highest BCUT2D eigenvalue weighted by Crippen LogP contribution is 2.30. The summed E-state index contributed by atoms with van der Waals surface area (Å²) in [4.78, 5) is 43.5. The van der Waals surface area contributed by atoms with E-state index in [0.29, 0.717) is 5.69 Å². The van der Waals surface area contributed by atoms with E-state index < -0.39 is 21.7 Å². The lowest BCUT2D eigenvalue weighted by molar-refractivity contribution is -0.127. The number of halogens is 3. The van der Waals surface area contributed by atoms with Crippen LogP contribution in [-0.4, -0.2) is 38.1 Å². The molecular formula is C24H22Cl3N3O4. The highest BCUT2D eigenvalue weighted by Gasteiger charge is 2.39. The van der Waals surface area contributed by atoms with Crippen LogP contribution in [0.4, 0.5) is 10.5 Å². The lowest BCUT2D eigenvalue weighted by atomic mass is 10.2. The van der Waals surface area contributed by atoms with Gasteiger partial charge in [-0.3, -0.25) is 14.6 Å². The minimum atomic E-state index is -2.30.